The van der Waals surface area contributed by atoms with Crippen molar-refractivity contribution in [3.8, 4) is 0 Å². The zero-order chi connectivity index (χ0) is 14.2. The highest BCUT2D eigenvalue weighted by Gasteiger charge is 2.03. The van der Waals surface area contributed by atoms with Gasteiger partial charge in [-0.15, -0.1) is 0 Å². The van der Waals surface area contributed by atoms with Gasteiger partial charge in [0.25, 0.3) is 5.91 Å². The van der Waals surface area contributed by atoms with Gasteiger partial charge in [0, 0.05) is 31.4 Å². The molecular weight excluding hydrogens is 250 g/mol. The topological polar surface area (TPSA) is 54.0 Å². The van der Waals surface area contributed by atoms with Crippen LogP contribution in [0.4, 0.5) is 0 Å². The van der Waals surface area contributed by atoms with E-state index in [1.54, 1.807) is 6.20 Å². The number of carbonyl (C=O) groups is 1. The second kappa shape index (κ2) is 7.40. The molecule has 0 saturated carbocycles. The number of nitrogens with zero attached hydrogens (tertiary/aromatic N) is 1. The molecule has 1 aromatic carbocycles. The van der Waals surface area contributed by atoms with E-state index in [1.165, 1.54) is 0 Å². The summed E-state index contributed by atoms with van der Waals surface area (Å²) in [6.07, 6.45) is 1.77. The van der Waals surface area contributed by atoms with E-state index in [9.17, 15) is 4.79 Å². The van der Waals surface area contributed by atoms with Gasteiger partial charge < -0.3 is 10.6 Å². The highest BCUT2D eigenvalue weighted by Crippen LogP contribution is 2.02. The van der Waals surface area contributed by atoms with Gasteiger partial charge in [-0.3, -0.25) is 9.78 Å². The molecule has 0 bridgehead atoms. The Morgan fingerprint density at radius 2 is 1.90 bits per heavy atom. The van der Waals surface area contributed by atoms with Crippen molar-refractivity contribution in [3.05, 3.63) is 65.5 Å². The summed E-state index contributed by atoms with van der Waals surface area (Å²) in [5.41, 5.74) is 2.84. The van der Waals surface area contributed by atoms with E-state index in [0.29, 0.717) is 25.2 Å². The Balaban J connectivity index is 1.66. The first-order valence-corrected chi connectivity index (χ1v) is 6.71. The summed E-state index contributed by atoms with van der Waals surface area (Å²) in [6.45, 7) is 4.03. The van der Waals surface area contributed by atoms with Crippen LogP contribution >= 0.6 is 0 Å². The normalized spacial score (nSPS) is 10.2. The van der Waals surface area contributed by atoms with Crippen molar-refractivity contribution in [1.82, 2.24) is 15.6 Å². The second-order valence-electron chi connectivity index (χ2n) is 4.62. The van der Waals surface area contributed by atoms with Crippen molar-refractivity contribution in [2.45, 2.75) is 13.5 Å². The SMILES string of the molecule is Cc1ccc(C(=O)NCCNCc2ccccn2)cc1. The molecule has 1 heterocycles. The van der Waals surface area contributed by atoms with Crippen molar-refractivity contribution in [1.29, 1.82) is 0 Å². The van der Waals surface area contributed by atoms with E-state index in [0.717, 1.165) is 11.3 Å². The Morgan fingerprint density at radius 3 is 2.60 bits per heavy atom. The minimum Gasteiger partial charge on any atom is -0.351 e. The number of hydrogen-bond donors (Lipinski definition) is 2. The Hall–Kier alpha value is -2.20. The van der Waals surface area contributed by atoms with Crippen molar-refractivity contribution < 1.29 is 4.79 Å². The standard InChI is InChI=1S/C16H19N3O/c1-13-5-7-14(8-6-13)16(20)19-11-10-17-12-15-4-2-3-9-18-15/h2-9,17H,10-12H2,1H3,(H,19,20). The molecule has 104 valence electrons. The van der Waals surface area contributed by atoms with E-state index in [-0.39, 0.29) is 5.91 Å². The van der Waals surface area contributed by atoms with E-state index >= 15 is 0 Å². The predicted molar refractivity (Wildman–Crippen MR) is 79.5 cm³/mol. The number of hydrogen-bond acceptors (Lipinski definition) is 3. The molecule has 0 saturated heterocycles. The molecule has 0 aliphatic carbocycles. The fourth-order valence-electron chi connectivity index (χ4n) is 1.79. The summed E-state index contributed by atoms with van der Waals surface area (Å²) in [5.74, 6) is -0.0374. The molecule has 2 N–H and O–H groups in total. The van der Waals surface area contributed by atoms with E-state index in [2.05, 4.69) is 15.6 Å². The monoisotopic (exact) mass is 269 g/mol. The first-order chi connectivity index (χ1) is 9.75. The van der Waals surface area contributed by atoms with Crippen molar-refractivity contribution in [2.75, 3.05) is 13.1 Å². The lowest BCUT2D eigenvalue weighted by Crippen LogP contribution is -2.31. The summed E-state index contributed by atoms with van der Waals surface area (Å²) in [6, 6.07) is 13.4. The molecular formula is C16H19N3O. The van der Waals surface area contributed by atoms with Gasteiger partial charge in [-0.25, -0.2) is 0 Å². The Bertz CT molecular complexity index is 537. The Morgan fingerprint density at radius 1 is 1.10 bits per heavy atom. The maximum absolute atomic E-state index is 11.8. The number of benzene rings is 1. The summed E-state index contributed by atoms with van der Waals surface area (Å²) in [4.78, 5) is 16.1. The zero-order valence-corrected chi connectivity index (χ0v) is 11.6. The second-order valence-corrected chi connectivity index (χ2v) is 4.62. The third-order valence-electron chi connectivity index (χ3n) is 2.93. The van der Waals surface area contributed by atoms with E-state index in [4.69, 9.17) is 0 Å². The van der Waals surface area contributed by atoms with Crippen molar-refractivity contribution in [2.24, 2.45) is 0 Å². The van der Waals surface area contributed by atoms with Gasteiger partial charge in [-0.1, -0.05) is 23.8 Å². The van der Waals surface area contributed by atoms with Crippen molar-refractivity contribution >= 4 is 5.91 Å². The molecule has 0 aliphatic rings. The molecule has 4 heteroatoms. The number of amides is 1. The summed E-state index contributed by atoms with van der Waals surface area (Å²) in [5, 5.41) is 6.12. The van der Waals surface area contributed by atoms with Crippen LogP contribution in [0.15, 0.2) is 48.7 Å². The molecule has 2 aromatic rings. The van der Waals surface area contributed by atoms with Crippen molar-refractivity contribution in [3.63, 3.8) is 0 Å². The van der Waals surface area contributed by atoms with Crippen LogP contribution in [-0.2, 0) is 6.54 Å². The van der Waals surface area contributed by atoms with Crippen LogP contribution in [0.5, 0.6) is 0 Å². The Labute approximate surface area is 119 Å². The quantitative estimate of drug-likeness (QED) is 0.788. The van der Waals surface area contributed by atoms with Crippen LogP contribution in [0.25, 0.3) is 0 Å². The number of rotatable bonds is 6. The van der Waals surface area contributed by atoms with Gasteiger partial charge in [-0.05, 0) is 31.2 Å². The molecule has 0 fully saturated rings. The molecule has 20 heavy (non-hydrogen) atoms. The third kappa shape index (κ3) is 4.48. The van der Waals surface area contributed by atoms with Gasteiger partial charge in [-0.2, -0.15) is 0 Å². The fourth-order valence-corrected chi connectivity index (χ4v) is 1.79. The first-order valence-electron chi connectivity index (χ1n) is 6.71. The van der Waals surface area contributed by atoms with Crippen LogP contribution in [0.1, 0.15) is 21.6 Å². The predicted octanol–water partition coefficient (Wildman–Crippen LogP) is 1.91. The molecule has 0 atom stereocenters. The average molecular weight is 269 g/mol. The third-order valence-corrected chi connectivity index (χ3v) is 2.93. The summed E-state index contributed by atoms with van der Waals surface area (Å²) >= 11 is 0. The summed E-state index contributed by atoms with van der Waals surface area (Å²) < 4.78 is 0. The number of nitrogens with one attached hydrogen (secondary N) is 2. The van der Waals surface area contributed by atoms with Gasteiger partial charge in [0.1, 0.15) is 0 Å². The molecule has 0 aliphatic heterocycles. The highest BCUT2D eigenvalue weighted by molar-refractivity contribution is 5.94. The lowest BCUT2D eigenvalue weighted by Gasteiger charge is -2.07. The average Bonchev–Trinajstić information content (AvgIpc) is 2.48. The smallest absolute Gasteiger partial charge is 0.251 e. The first kappa shape index (κ1) is 14.2. The van der Waals surface area contributed by atoms with Crippen LogP contribution in [0.3, 0.4) is 0 Å². The van der Waals surface area contributed by atoms with Gasteiger partial charge in [0.05, 0.1) is 5.69 Å². The molecule has 1 aromatic heterocycles. The minimum atomic E-state index is -0.0374. The largest absolute Gasteiger partial charge is 0.351 e. The molecule has 4 nitrogen and oxygen atoms in total. The molecule has 0 unspecified atom stereocenters. The van der Waals surface area contributed by atoms with Crippen LogP contribution in [-0.4, -0.2) is 24.0 Å². The van der Waals surface area contributed by atoms with Gasteiger partial charge >= 0.3 is 0 Å². The van der Waals surface area contributed by atoms with E-state index in [1.807, 2.05) is 49.4 Å². The number of pyridine rings is 1. The van der Waals surface area contributed by atoms with Crippen LogP contribution in [0, 0.1) is 6.92 Å². The zero-order valence-electron chi connectivity index (χ0n) is 11.6. The van der Waals surface area contributed by atoms with Crippen LogP contribution in [0.2, 0.25) is 0 Å². The molecule has 0 spiro atoms. The van der Waals surface area contributed by atoms with Gasteiger partial charge in [0.2, 0.25) is 0 Å². The molecule has 1 amide bonds. The fraction of sp³-hybridized carbons (Fsp3) is 0.250. The minimum absolute atomic E-state index is 0.0374. The molecule has 0 radical (unpaired) electrons. The van der Waals surface area contributed by atoms with Gasteiger partial charge in [0.15, 0.2) is 0 Å². The number of aromatic nitrogens is 1. The number of carbonyl (C=O) groups excluding carboxylic acids is 1. The maximum Gasteiger partial charge on any atom is 0.251 e. The lowest BCUT2D eigenvalue weighted by atomic mass is 10.1. The number of aryl methyl sites for hydroxylation is 1. The highest BCUT2D eigenvalue weighted by atomic mass is 16.1. The lowest BCUT2D eigenvalue weighted by molar-refractivity contribution is 0.0954. The van der Waals surface area contributed by atoms with Crippen LogP contribution < -0.4 is 10.6 Å². The van der Waals surface area contributed by atoms with E-state index < -0.39 is 0 Å². The Kier molecular flexibility index (Phi) is 5.26. The maximum atomic E-state index is 11.8. The molecule has 2 rings (SSSR count). The summed E-state index contributed by atoms with van der Waals surface area (Å²) in [7, 11) is 0.